The van der Waals surface area contributed by atoms with E-state index in [2.05, 4.69) is 0 Å². The van der Waals surface area contributed by atoms with Gasteiger partial charge in [0.25, 0.3) is 5.91 Å². The number of ether oxygens (including phenoxy) is 1. The van der Waals surface area contributed by atoms with E-state index in [9.17, 15) is 13.2 Å². The summed E-state index contributed by atoms with van der Waals surface area (Å²) in [4.78, 5) is 18.3. The van der Waals surface area contributed by atoms with Crippen molar-refractivity contribution in [2.75, 3.05) is 13.1 Å². The Labute approximate surface area is 189 Å². The van der Waals surface area contributed by atoms with Gasteiger partial charge in [-0.2, -0.15) is 4.31 Å². The maximum Gasteiger partial charge on any atom is 0.263 e. The van der Waals surface area contributed by atoms with Crippen molar-refractivity contribution in [2.45, 2.75) is 69.1 Å². The predicted molar refractivity (Wildman–Crippen MR) is 122 cm³/mol. The summed E-state index contributed by atoms with van der Waals surface area (Å²) < 4.78 is 35.1. The molecule has 7 nitrogen and oxygen atoms in total. The molecule has 2 aromatic rings. The molecular formula is C24H31N3O4S. The molecule has 0 bridgehead atoms. The van der Waals surface area contributed by atoms with Crippen LogP contribution in [0.4, 0.5) is 0 Å². The zero-order valence-electron chi connectivity index (χ0n) is 18.7. The van der Waals surface area contributed by atoms with E-state index >= 15 is 0 Å². The largest absolute Gasteiger partial charge is 0.373 e. The molecule has 0 N–H and O–H groups in total. The van der Waals surface area contributed by atoms with Gasteiger partial charge in [-0.3, -0.25) is 14.4 Å². The number of sulfonamides is 1. The molecule has 2 aliphatic rings. The SMILES string of the molecule is CC1CN(S(=O)(=O)c2cccc(C(=O)n3ccccc3=NC3CCCCC3)c2)CC(C)O1. The Morgan fingerprint density at radius 3 is 2.44 bits per heavy atom. The highest BCUT2D eigenvalue weighted by molar-refractivity contribution is 7.89. The molecular weight excluding hydrogens is 426 g/mol. The molecule has 4 rings (SSSR count). The van der Waals surface area contributed by atoms with Crippen LogP contribution in [-0.2, 0) is 14.8 Å². The fraction of sp³-hybridized carbons (Fsp3) is 0.500. The number of hydrogen-bond donors (Lipinski definition) is 0. The van der Waals surface area contributed by atoms with E-state index in [1.807, 2.05) is 26.0 Å². The van der Waals surface area contributed by atoms with Gasteiger partial charge in [-0.15, -0.1) is 0 Å². The van der Waals surface area contributed by atoms with Crippen LogP contribution in [0.5, 0.6) is 0 Å². The van der Waals surface area contributed by atoms with Crippen molar-refractivity contribution in [3.8, 4) is 0 Å². The average molecular weight is 458 g/mol. The molecule has 2 fully saturated rings. The van der Waals surface area contributed by atoms with Crippen molar-refractivity contribution in [2.24, 2.45) is 4.99 Å². The minimum absolute atomic E-state index is 0.118. The molecule has 1 aliphatic heterocycles. The lowest BCUT2D eigenvalue weighted by Gasteiger charge is -2.34. The fourth-order valence-electron chi connectivity index (χ4n) is 4.51. The van der Waals surface area contributed by atoms with E-state index in [4.69, 9.17) is 9.73 Å². The van der Waals surface area contributed by atoms with E-state index in [-0.39, 0.29) is 29.1 Å². The predicted octanol–water partition coefficient (Wildman–Crippen LogP) is 3.21. The number of hydrogen-bond acceptors (Lipinski definition) is 5. The molecule has 2 heterocycles. The van der Waals surface area contributed by atoms with Crippen molar-refractivity contribution in [1.29, 1.82) is 0 Å². The Bertz CT molecular complexity index is 1130. The normalized spacial score (nSPS) is 23.9. The first-order valence-corrected chi connectivity index (χ1v) is 12.8. The van der Waals surface area contributed by atoms with Gasteiger partial charge in [-0.25, -0.2) is 8.42 Å². The van der Waals surface area contributed by atoms with E-state index in [1.165, 1.54) is 21.4 Å². The molecule has 1 saturated carbocycles. The molecule has 2 unspecified atom stereocenters. The summed E-state index contributed by atoms with van der Waals surface area (Å²) in [5.74, 6) is -0.291. The number of aromatic nitrogens is 1. The quantitative estimate of drug-likeness (QED) is 0.706. The van der Waals surface area contributed by atoms with Gasteiger partial charge in [-0.1, -0.05) is 31.4 Å². The molecule has 1 aromatic carbocycles. The van der Waals surface area contributed by atoms with E-state index < -0.39 is 10.0 Å². The van der Waals surface area contributed by atoms with Crippen LogP contribution in [0.1, 0.15) is 56.3 Å². The summed E-state index contributed by atoms with van der Waals surface area (Å²) in [5, 5.41) is 0. The number of carbonyl (C=O) groups excluding carboxylic acids is 1. The van der Waals surface area contributed by atoms with Crippen molar-refractivity contribution in [1.82, 2.24) is 8.87 Å². The van der Waals surface area contributed by atoms with Crippen LogP contribution in [0.15, 0.2) is 58.5 Å². The molecule has 0 amide bonds. The van der Waals surface area contributed by atoms with Gasteiger partial charge >= 0.3 is 0 Å². The summed E-state index contributed by atoms with van der Waals surface area (Å²) in [6, 6.07) is 12.0. The van der Waals surface area contributed by atoms with Crippen LogP contribution in [0, 0.1) is 0 Å². The van der Waals surface area contributed by atoms with E-state index in [1.54, 1.807) is 30.5 Å². The van der Waals surface area contributed by atoms with Gasteiger partial charge in [-0.05, 0) is 57.0 Å². The smallest absolute Gasteiger partial charge is 0.263 e. The highest BCUT2D eigenvalue weighted by Gasteiger charge is 2.32. The summed E-state index contributed by atoms with van der Waals surface area (Å²) in [6.45, 7) is 4.31. The Hall–Kier alpha value is -2.29. The van der Waals surface area contributed by atoms with Gasteiger partial charge in [0.05, 0.1) is 23.1 Å². The van der Waals surface area contributed by atoms with Gasteiger partial charge in [0.15, 0.2) is 0 Å². The third kappa shape index (κ3) is 5.03. The third-order valence-corrected chi connectivity index (χ3v) is 7.88. The lowest BCUT2D eigenvalue weighted by atomic mass is 9.96. The van der Waals surface area contributed by atoms with Gasteiger partial charge in [0.1, 0.15) is 5.49 Å². The first kappa shape index (κ1) is 22.9. The molecule has 1 aromatic heterocycles. The second kappa shape index (κ2) is 9.68. The number of carbonyl (C=O) groups is 1. The molecule has 1 saturated heterocycles. The maximum absolute atomic E-state index is 13.3. The highest BCUT2D eigenvalue weighted by Crippen LogP contribution is 2.22. The van der Waals surface area contributed by atoms with E-state index in [0.29, 0.717) is 24.1 Å². The Balaban J connectivity index is 1.64. The topological polar surface area (TPSA) is 81.0 Å². The number of rotatable bonds is 4. The Morgan fingerprint density at radius 1 is 1.00 bits per heavy atom. The Kier molecular flexibility index (Phi) is 6.93. The minimum atomic E-state index is -3.73. The molecule has 32 heavy (non-hydrogen) atoms. The van der Waals surface area contributed by atoms with Gasteiger partial charge < -0.3 is 4.74 Å². The molecule has 2 atom stereocenters. The number of benzene rings is 1. The summed E-state index contributed by atoms with van der Waals surface area (Å²) in [6.07, 6.45) is 6.96. The zero-order chi connectivity index (χ0) is 22.7. The van der Waals surface area contributed by atoms with Crippen LogP contribution in [0.3, 0.4) is 0 Å². The molecule has 0 radical (unpaired) electrons. The average Bonchev–Trinajstić information content (AvgIpc) is 2.79. The molecule has 8 heteroatoms. The Morgan fingerprint density at radius 2 is 1.72 bits per heavy atom. The van der Waals surface area contributed by atoms with Gasteiger partial charge in [0.2, 0.25) is 10.0 Å². The summed E-state index contributed by atoms with van der Waals surface area (Å²) >= 11 is 0. The first-order valence-electron chi connectivity index (χ1n) is 11.4. The molecule has 0 spiro atoms. The number of pyridine rings is 1. The summed E-state index contributed by atoms with van der Waals surface area (Å²) in [7, 11) is -3.73. The van der Waals surface area contributed by atoms with Crippen molar-refractivity contribution >= 4 is 15.9 Å². The number of nitrogens with zero attached hydrogens (tertiary/aromatic N) is 3. The second-order valence-corrected chi connectivity index (χ2v) is 10.7. The van der Waals surface area contributed by atoms with Crippen molar-refractivity contribution in [3.63, 3.8) is 0 Å². The van der Waals surface area contributed by atoms with E-state index in [0.717, 1.165) is 25.7 Å². The second-order valence-electron chi connectivity index (χ2n) is 8.76. The molecule has 172 valence electrons. The standard InChI is InChI=1S/C24H31N3O4S/c1-18-16-26(17-19(2)31-18)32(29,30)22-12-8-9-20(15-22)24(28)27-14-7-6-13-23(27)25-21-10-4-3-5-11-21/h6-9,12-15,18-19,21H,3-5,10-11,16-17H2,1-2H3. The lowest BCUT2D eigenvalue weighted by Crippen LogP contribution is -2.48. The zero-order valence-corrected chi connectivity index (χ0v) is 19.5. The molecule has 1 aliphatic carbocycles. The maximum atomic E-state index is 13.3. The van der Waals surface area contributed by atoms with Crippen LogP contribution >= 0.6 is 0 Å². The minimum Gasteiger partial charge on any atom is -0.373 e. The number of morpholine rings is 1. The highest BCUT2D eigenvalue weighted by atomic mass is 32.2. The monoisotopic (exact) mass is 457 g/mol. The fourth-order valence-corrected chi connectivity index (χ4v) is 6.15. The van der Waals surface area contributed by atoms with Crippen LogP contribution < -0.4 is 5.49 Å². The lowest BCUT2D eigenvalue weighted by molar-refractivity contribution is -0.0440. The van der Waals surface area contributed by atoms with Crippen LogP contribution in [-0.4, -0.2) is 54.5 Å². The summed E-state index contributed by atoms with van der Waals surface area (Å²) in [5.41, 5.74) is 0.921. The van der Waals surface area contributed by atoms with Crippen molar-refractivity contribution < 1.29 is 17.9 Å². The first-order chi connectivity index (χ1) is 15.3. The van der Waals surface area contributed by atoms with Crippen molar-refractivity contribution in [3.05, 3.63) is 59.7 Å². The van der Waals surface area contributed by atoms with Crippen LogP contribution in [0.25, 0.3) is 0 Å². The third-order valence-electron chi connectivity index (χ3n) is 6.05. The van der Waals surface area contributed by atoms with Crippen LogP contribution in [0.2, 0.25) is 0 Å². The van der Waals surface area contributed by atoms with Gasteiger partial charge in [0, 0.05) is 24.8 Å².